The van der Waals surface area contributed by atoms with Crippen LogP contribution in [0, 0.1) is 0 Å². The molecule has 3 rings (SSSR count). The Morgan fingerprint density at radius 1 is 1.38 bits per heavy atom. The van der Waals surface area contributed by atoms with Crippen LogP contribution < -0.4 is 15.4 Å². The minimum Gasteiger partial charge on any atom is -0.494 e. The van der Waals surface area contributed by atoms with Crippen molar-refractivity contribution in [3.63, 3.8) is 0 Å². The van der Waals surface area contributed by atoms with Crippen LogP contribution >= 0.6 is 0 Å². The van der Waals surface area contributed by atoms with Gasteiger partial charge in [-0.15, -0.1) is 0 Å². The second-order valence-corrected chi connectivity index (χ2v) is 5.05. The van der Waals surface area contributed by atoms with E-state index in [1.807, 2.05) is 0 Å². The number of ether oxygens (including phenoxy) is 1. The highest BCUT2D eigenvalue weighted by atomic mass is 16.5. The lowest BCUT2D eigenvalue weighted by molar-refractivity contribution is 0.0963. The molecule has 3 N–H and O–H groups in total. The summed E-state index contributed by atoms with van der Waals surface area (Å²) in [6.45, 7) is -0.357. The van der Waals surface area contributed by atoms with Crippen LogP contribution in [0.5, 0.6) is 5.75 Å². The van der Waals surface area contributed by atoms with Crippen molar-refractivity contribution in [1.29, 1.82) is 0 Å². The fourth-order valence-corrected chi connectivity index (χ4v) is 2.32. The summed E-state index contributed by atoms with van der Waals surface area (Å²) in [5, 5.41) is 18.5. The second kappa shape index (κ2) is 7.57. The minimum atomic E-state index is -0.357. The number of aromatic nitrogens is 4. The van der Waals surface area contributed by atoms with Crippen molar-refractivity contribution in [3.05, 3.63) is 42.2 Å². The number of para-hydroxylation sites is 1. The van der Waals surface area contributed by atoms with Crippen LogP contribution in [0.1, 0.15) is 16.2 Å². The molecular formula is C16H16N6O4. The van der Waals surface area contributed by atoms with Gasteiger partial charge in [0.1, 0.15) is 24.3 Å². The van der Waals surface area contributed by atoms with Gasteiger partial charge in [0.15, 0.2) is 5.75 Å². The van der Waals surface area contributed by atoms with Crippen LogP contribution in [0.25, 0.3) is 11.4 Å². The Kier molecular flexibility index (Phi) is 5.04. The number of carbonyl (C=O) groups excluding carboxylic acids is 1. The third-order valence-electron chi connectivity index (χ3n) is 3.50. The summed E-state index contributed by atoms with van der Waals surface area (Å²) in [4.78, 5) is 24.1. The smallest absolute Gasteiger partial charge is 0.256 e. The lowest BCUT2D eigenvalue weighted by Gasteiger charge is -2.14. The van der Waals surface area contributed by atoms with Gasteiger partial charge in [0.05, 0.1) is 18.4 Å². The summed E-state index contributed by atoms with van der Waals surface area (Å²) in [7, 11) is 3.02. The van der Waals surface area contributed by atoms with Crippen LogP contribution in [0.3, 0.4) is 0 Å². The number of nitrogens with one attached hydrogen (secondary N) is 2. The van der Waals surface area contributed by atoms with Crippen molar-refractivity contribution in [2.45, 2.75) is 6.61 Å². The molecule has 0 aliphatic carbocycles. The SMILES string of the molecule is CNC(=O)c1cncnc1Nc1cccc(-c2noc(CO)n2)c1OC. The van der Waals surface area contributed by atoms with Crippen LogP contribution in [0.4, 0.5) is 11.5 Å². The Labute approximate surface area is 148 Å². The molecule has 0 saturated heterocycles. The second-order valence-electron chi connectivity index (χ2n) is 5.05. The lowest BCUT2D eigenvalue weighted by atomic mass is 10.1. The first-order valence-corrected chi connectivity index (χ1v) is 7.57. The summed E-state index contributed by atoms with van der Waals surface area (Å²) in [5.74, 6) is 0.786. The van der Waals surface area contributed by atoms with E-state index >= 15 is 0 Å². The number of methoxy groups -OCH3 is 1. The van der Waals surface area contributed by atoms with E-state index in [1.54, 1.807) is 18.2 Å². The molecule has 3 aromatic rings. The van der Waals surface area contributed by atoms with Gasteiger partial charge in [-0.05, 0) is 12.1 Å². The third-order valence-corrected chi connectivity index (χ3v) is 3.50. The molecule has 1 aromatic carbocycles. The van der Waals surface area contributed by atoms with E-state index in [-0.39, 0.29) is 29.8 Å². The fraction of sp³-hybridized carbons (Fsp3) is 0.188. The van der Waals surface area contributed by atoms with E-state index in [4.69, 9.17) is 14.4 Å². The van der Waals surface area contributed by atoms with Crippen molar-refractivity contribution in [2.75, 3.05) is 19.5 Å². The fourth-order valence-electron chi connectivity index (χ4n) is 2.32. The quantitative estimate of drug-likeness (QED) is 0.594. The predicted octanol–water partition coefficient (Wildman–Crippen LogP) is 1.13. The van der Waals surface area contributed by atoms with Crippen LogP contribution in [-0.4, -0.2) is 45.3 Å². The number of nitrogens with zero attached hydrogens (tertiary/aromatic N) is 4. The van der Waals surface area contributed by atoms with Gasteiger partial charge in [0.2, 0.25) is 5.82 Å². The van der Waals surface area contributed by atoms with Gasteiger partial charge in [0.25, 0.3) is 11.8 Å². The largest absolute Gasteiger partial charge is 0.494 e. The Balaban J connectivity index is 2.02. The molecule has 0 saturated carbocycles. The molecule has 0 radical (unpaired) electrons. The Morgan fingerprint density at radius 2 is 2.23 bits per heavy atom. The van der Waals surface area contributed by atoms with Gasteiger partial charge in [-0.2, -0.15) is 4.98 Å². The van der Waals surface area contributed by atoms with Gasteiger partial charge < -0.3 is 25.0 Å². The maximum Gasteiger partial charge on any atom is 0.256 e. The molecule has 0 fully saturated rings. The van der Waals surface area contributed by atoms with Crippen molar-refractivity contribution >= 4 is 17.4 Å². The molecule has 2 aromatic heterocycles. The molecule has 0 spiro atoms. The van der Waals surface area contributed by atoms with E-state index in [2.05, 4.69) is 30.7 Å². The first-order chi connectivity index (χ1) is 12.7. The molecule has 10 nitrogen and oxygen atoms in total. The number of anilines is 2. The van der Waals surface area contributed by atoms with Gasteiger partial charge in [-0.3, -0.25) is 4.79 Å². The van der Waals surface area contributed by atoms with Gasteiger partial charge in [-0.25, -0.2) is 9.97 Å². The number of hydrogen-bond donors (Lipinski definition) is 3. The molecule has 134 valence electrons. The first-order valence-electron chi connectivity index (χ1n) is 7.57. The summed E-state index contributed by atoms with van der Waals surface area (Å²) >= 11 is 0. The van der Waals surface area contributed by atoms with Crippen molar-refractivity contribution in [3.8, 4) is 17.1 Å². The Morgan fingerprint density at radius 3 is 2.92 bits per heavy atom. The summed E-state index contributed by atoms with van der Waals surface area (Å²) in [6.07, 6.45) is 2.75. The highest BCUT2D eigenvalue weighted by Gasteiger charge is 2.18. The molecule has 0 aliphatic rings. The molecule has 1 amide bonds. The zero-order valence-corrected chi connectivity index (χ0v) is 14.1. The average molecular weight is 356 g/mol. The summed E-state index contributed by atoms with van der Waals surface area (Å²) < 4.78 is 10.4. The molecule has 26 heavy (non-hydrogen) atoms. The number of rotatable bonds is 6. The molecule has 10 heteroatoms. The number of aliphatic hydroxyl groups is 1. The standard InChI is InChI=1S/C16H16N6O4/c1-17-16(24)10-6-18-8-19-14(10)20-11-5-3-4-9(13(11)25-2)15-21-12(7-23)26-22-15/h3-6,8,23H,7H2,1-2H3,(H,17,24)(H,18,19,20). The number of aliphatic hydroxyl groups excluding tert-OH is 1. The molecule has 0 unspecified atom stereocenters. The van der Waals surface area contributed by atoms with E-state index in [1.165, 1.54) is 26.7 Å². The van der Waals surface area contributed by atoms with Crippen molar-refractivity contribution < 1.29 is 19.2 Å². The lowest BCUT2D eigenvalue weighted by Crippen LogP contribution is -2.20. The van der Waals surface area contributed by atoms with Gasteiger partial charge in [-0.1, -0.05) is 11.2 Å². The van der Waals surface area contributed by atoms with Crippen molar-refractivity contribution in [2.24, 2.45) is 0 Å². The molecule has 2 heterocycles. The maximum absolute atomic E-state index is 12.0. The number of benzene rings is 1. The predicted molar refractivity (Wildman–Crippen MR) is 90.9 cm³/mol. The number of hydrogen-bond acceptors (Lipinski definition) is 9. The number of amides is 1. The van der Waals surface area contributed by atoms with E-state index in [0.717, 1.165) is 0 Å². The van der Waals surface area contributed by atoms with E-state index < -0.39 is 0 Å². The van der Waals surface area contributed by atoms with Crippen LogP contribution in [-0.2, 0) is 6.61 Å². The average Bonchev–Trinajstić information content (AvgIpc) is 3.16. The summed E-state index contributed by atoms with van der Waals surface area (Å²) in [6, 6.07) is 5.26. The zero-order valence-electron chi connectivity index (χ0n) is 14.1. The molecular weight excluding hydrogens is 340 g/mol. The van der Waals surface area contributed by atoms with E-state index in [0.29, 0.717) is 22.8 Å². The maximum atomic E-state index is 12.0. The normalized spacial score (nSPS) is 10.4. The molecule has 0 aliphatic heterocycles. The van der Waals surface area contributed by atoms with Gasteiger partial charge in [0, 0.05) is 13.2 Å². The number of carbonyl (C=O) groups is 1. The topological polar surface area (TPSA) is 135 Å². The monoisotopic (exact) mass is 356 g/mol. The third kappa shape index (κ3) is 3.30. The molecule has 0 bridgehead atoms. The van der Waals surface area contributed by atoms with E-state index in [9.17, 15) is 4.79 Å². The zero-order chi connectivity index (χ0) is 18.5. The van der Waals surface area contributed by atoms with Gasteiger partial charge >= 0.3 is 0 Å². The first kappa shape index (κ1) is 17.3. The minimum absolute atomic E-state index is 0.0955. The van der Waals surface area contributed by atoms with Crippen LogP contribution in [0.15, 0.2) is 35.2 Å². The molecule has 0 atom stereocenters. The Bertz CT molecular complexity index is 927. The summed E-state index contributed by atoms with van der Waals surface area (Å²) in [5.41, 5.74) is 1.38. The van der Waals surface area contributed by atoms with Crippen LogP contribution in [0.2, 0.25) is 0 Å². The highest BCUT2D eigenvalue weighted by Crippen LogP contribution is 2.36. The highest BCUT2D eigenvalue weighted by molar-refractivity contribution is 5.99. The Hall–Kier alpha value is -3.53. The van der Waals surface area contributed by atoms with Crippen molar-refractivity contribution in [1.82, 2.24) is 25.4 Å².